The molecule has 1 fully saturated rings. The van der Waals surface area contributed by atoms with Crippen LogP contribution < -0.4 is 10.2 Å². The van der Waals surface area contributed by atoms with Crippen LogP contribution in [0.25, 0.3) is 0 Å². The second-order valence-electron chi connectivity index (χ2n) is 6.66. The van der Waals surface area contributed by atoms with Gasteiger partial charge in [-0.15, -0.1) is 0 Å². The summed E-state index contributed by atoms with van der Waals surface area (Å²) in [6.07, 6.45) is 6.44. The van der Waals surface area contributed by atoms with Gasteiger partial charge in [0.05, 0.1) is 18.1 Å². The van der Waals surface area contributed by atoms with Crippen LogP contribution in [-0.2, 0) is 6.54 Å². The van der Waals surface area contributed by atoms with E-state index in [2.05, 4.69) is 53.0 Å². The lowest BCUT2D eigenvalue weighted by molar-refractivity contribution is 0.408. The summed E-state index contributed by atoms with van der Waals surface area (Å²) in [6, 6.07) is 0.712. The highest BCUT2D eigenvalue weighted by molar-refractivity contribution is 5.35. The zero-order valence-electron chi connectivity index (χ0n) is 13.8. The second kappa shape index (κ2) is 7.71. The van der Waals surface area contributed by atoms with Crippen molar-refractivity contribution >= 4 is 5.82 Å². The maximum Gasteiger partial charge on any atom is 0.147 e. The number of hydrogen-bond acceptors (Lipinski definition) is 5. The van der Waals surface area contributed by atoms with Crippen LogP contribution in [0.1, 0.15) is 32.4 Å². The number of nitrogens with one attached hydrogen (secondary N) is 1. The largest absolute Gasteiger partial charge is 0.354 e. The van der Waals surface area contributed by atoms with Gasteiger partial charge in [0, 0.05) is 32.2 Å². The van der Waals surface area contributed by atoms with Crippen LogP contribution in [0.5, 0.6) is 0 Å². The fraction of sp³-hybridized carbons (Fsp3) is 0.750. The van der Waals surface area contributed by atoms with E-state index in [0.717, 1.165) is 37.7 Å². The Morgan fingerprint density at radius 3 is 2.48 bits per heavy atom. The van der Waals surface area contributed by atoms with E-state index in [4.69, 9.17) is 0 Å². The van der Waals surface area contributed by atoms with E-state index in [1.54, 1.807) is 0 Å². The van der Waals surface area contributed by atoms with Gasteiger partial charge in [-0.1, -0.05) is 13.8 Å². The average Bonchev–Trinajstić information content (AvgIpc) is 3.25. The molecule has 0 amide bonds. The molecular weight excluding hydrogens is 262 g/mol. The van der Waals surface area contributed by atoms with Crippen molar-refractivity contribution in [1.29, 1.82) is 0 Å². The van der Waals surface area contributed by atoms with E-state index in [1.165, 1.54) is 12.8 Å². The Hall–Kier alpha value is -1.20. The lowest BCUT2D eigenvalue weighted by Gasteiger charge is -2.26. The molecule has 0 aliphatic heterocycles. The Morgan fingerprint density at radius 1 is 1.19 bits per heavy atom. The fourth-order valence-electron chi connectivity index (χ4n) is 2.20. The monoisotopic (exact) mass is 291 g/mol. The SMILES string of the molecule is CC(C)CN(CCN(C)C)c1cnc(CNC2CC2)cn1. The maximum atomic E-state index is 4.61. The molecule has 5 heteroatoms. The molecule has 1 saturated carbocycles. The Kier molecular flexibility index (Phi) is 5.94. The van der Waals surface area contributed by atoms with Gasteiger partial charge < -0.3 is 15.1 Å². The van der Waals surface area contributed by atoms with Crippen LogP contribution in [0, 0.1) is 5.92 Å². The van der Waals surface area contributed by atoms with Gasteiger partial charge in [-0.25, -0.2) is 4.98 Å². The predicted molar refractivity (Wildman–Crippen MR) is 87.5 cm³/mol. The number of rotatable bonds is 9. The molecule has 0 unspecified atom stereocenters. The van der Waals surface area contributed by atoms with E-state index in [1.807, 2.05) is 12.4 Å². The van der Waals surface area contributed by atoms with Crippen LogP contribution in [0.3, 0.4) is 0 Å². The molecule has 1 heterocycles. The first-order valence-electron chi connectivity index (χ1n) is 7.98. The summed E-state index contributed by atoms with van der Waals surface area (Å²) in [5.74, 6) is 1.60. The summed E-state index contributed by atoms with van der Waals surface area (Å²) in [4.78, 5) is 13.7. The molecule has 2 rings (SSSR count). The normalized spacial score (nSPS) is 15.0. The van der Waals surface area contributed by atoms with Crippen molar-refractivity contribution in [3.63, 3.8) is 0 Å². The van der Waals surface area contributed by atoms with Crippen molar-refractivity contribution in [1.82, 2.24) is 20.2 Å². The van der Waals surface area contributed by atoms with Gasteiger partial charge in [-0.3, -0.25) is 4.98 Å². The second-order valence-corrected chi connectivity index (χ2v) is 6.66. The molecule has 1 N–H and O–H groups in total. The lowest BCUT2D eigenvalue weighted by Crippen LogP contribution is -2.35. The standard InChI is InChI=1S/C16H29N5/c1-13(2)12-21(8-7-20(3)4)16-11-18-15(10-19-16)9-17-14-5-6-14/h10-11,13-14,17H,5-9,12H2,1-4H3. The van der Waals surface area contributed by atoms with Crippen LogP contribution in [-0.4, -0.2) is 54.6 Å². The fourth-order valence-corrected chi connectivity index (χ4v) is 2.20. The zero-order chi connectivity index (χ0) is 15.2. The Labute approximate surface area is 128 Å². The smallest absolute Gasteiger partial charge is 0.147 e. The van der Waals surface area contributed by atoms with Crippen molar-refractivity contribution in [3.8, 4) is 0 Å². The van der Waals surface area contributed by atoms with Crippen LogP contribution in [0.4, 0.5) is 5.82 Å². The quantitative estimate of drug-likeness (QED) is 0.751. The van der Waals surface area contributed by atoms with E-state index in [9.17, 15) is 0 Å². The number of likely N-dealkylation sites (N-methyl/N-ethyl adjacent to an activating group) is 1. The van der Waals surface area contributed by atoms with Crippen molar-refractivity contribution in [2.75, 3.05) is 38.6 Å². The van der Waals surface area contributed by atoms with Crippen molar-refractivity contribution in [2.45, 2.75) is 39.3 Å². The molecule has 0 radical (unpaired) electrons. The Bertz CT molecular complexity index is 411. The van der Waals surface area contributed by atoms with Crippen LogP contribution in [0.2, 0.25) is 0 Å². The van der Waals surface area contributed by atoms with Crippen molar-refractivity contribution < 1.29 is 0 Å². The third-order valence-electron chi connectivity index (χ3n) is 3.57. The molecule has 1 aromatic heterocycles. The predicted octanol–water partition coefficient (Wildman–Crippen LogP) is 1.75. The summed E-state index contributed by atoms with van der Waals surface area (Å²) in [5, 5.41) is 3.47. The lowest BCUT2D eigenvalue weighted by atomic mass is 10.2. The molecular formula is C16H29N5. The number of hydrogen-bond donors (Lipinski definition) is 1. The van der Waals surface area contributed by atoms with Gasteiger partial charge >= 0.3 is 0 Å². The third-order valence-corrected chi connectivity index (χ3v) is 3.57. The third kappa shape index (κ3) is 5.98. The van der Waals surface area contributed by atoms with E-state index in [-0.39, 0.29) is 0 Å². The van der Waals surface area contributed by atoms with Gasteiger partial charge in [0.15, 0.2) is 0 Å². The molecule has 1 aliphatic rings. The molecule has 1 aliphatic carbocycles. The van der Waals surface area contributed by atoms with Gasteiger partial charge in [-0.05, 0) is 32.9 Å². The molecule has 0 atom stereocenters. The van der Waals surface area contributed by atoms with E-state index in [0.29, 0.717) is 12.0 Å². The van der Waals surface area contributed by atoms with Gasteiger partial charge in [0.1, 0.15) is 5.82 Å². The molecule has 0 aromatic carbocycles. The number of aromatic nitrogens is 2. The van der Waals surface area contributed by atoms with Crippen molar-refractivity contribution in [2.24, 2.45) is 5.92 Å². The highest BCUT2D eigenvalue weighted by Crippen LogP contribution is 2.19. The first kappa shape index (κ1) is 16.2. The summed E-state index contributed by atoms with van der Waals surface area (Å²) in [5.41, 5.74) is 1.03. The average molecular weight is 291 g/mol. The maximum absolute atomic E-state index is 4.61. The minimum atomic E-state index is 0.616. The van der Waals surface area contributed by atoms with E-state index < -0.39 is 0 Å². The summed E-state index contributed by atoms with van der Waals surface area (Å²) < 4.78 is 0. The van der Waals surface area contributed by atoms with Gasteiger partial charge in [0.2, 0.25) is 0 Å². The minimum absolute atomic E-state index is 0.616. The van der Waals surface area contributed by atoms with Gasteiger partial charge in [-0.2, -0.15) is 0 Å². The summed E-state index contributed by atoms with van der Waals surface area (Å²) >= 11 is 0. The Balaban J connectivity index is 1.93. The molecule has 0 saturated heterocycles. The first-order chi connectivity index (χ1) is 10.0. The molecule has 0 bridgehead atoms. The molecule has 21 heavy (non-hydrogen) atoms. The molecule has 0 spiro atoms. The highest BCUT2D eigenvalue weighted by Gasteiger charge is 2.20. The van der Waals surface area contributed by atoms with Crippen molar-refractivity contribution in [3.05, 3.63) is 18.1 Å². The van der Waals surface area contributed by atoms with Crippen LogP contribution >= 0.6 is 0 Å². The van der Waals surface area contributed by atoms with Gasteiger partial charge in [0.25, 0.3) is 0 Å². The summed E-state index contributed by atoms with van der Waals surface area (Å²) in [7, 11) is 4.21. The first-order valence-corrected chi connectivity index (χ1v) is 7.98. The molecule has 1 aromatic rings. The summed E-state index contributed by atoms with van der Waals surface area (Å²) in [6.45, 7) is 8.34. The number of anilines is 1. The molecule has 5 nitrogen and oxygen atoms in total. The topological polar surface area (TPSA) is 44.3 Å². The number of nitrogens with zero attached hydrogens (tertiary/aromatic N) is 4. The van der Waals surface area contributed by atoms with E-state index >= 15 is 0 Å². The highest BCUT2D eigenvalue weighted by atomic mass is 15.2. The minimum Gasteiger partial charge on any atom is -0.354 e. The van der Waals surface area contributed by atoms with Crippen LogP contribution in [0.15, 0.2) is 12.4 Å². The molecule has 118 valence electrons. The zero-order valence-corrected chi connectivity index (χ0v) is 13.8. The Morgan fingerprint density at radius 2 is 1.95 bits per heavy atom.